The zero-order valence-electron chi connectivity index (χ0n) is 35.4. The van der Waals surface area contributed by atoms with Crippen molar-refractivity contribution < 1.29 is 52.8 Å². The Kier molecular flexibility index (Phi) is 14.6. The number of carboxylic acids is 1. The van der Waals surface area contributed by atoms with Gasteiger partial charge < -0.3 is 40.0 Å². The van der Waals surface area contributed by atoms with Crippen LogP contribution in [0.4, 0.5) is 9.59 Å². The molecule has 4 N–H and O–H groups in total. The number of benzene rings is 4. The van der Waals surface area contributed by atoms with Crippen LogP contribution in [0.15, 0.2) is 97.1 Å². The molecule has 6 rings (SSSR count). The smallest absolute Gasteiger partial charge is 0.407 e. The van der Waals surface area contributed by atoms with Crippen LogP contribution in [0.5, 0.6) is 0 Å². The van der Waals surface area contributed by atoms with Gasteiger partial charge in [-0.1, -0.05) is 97.1 Å². The molecule has 4 aromatic rings. The summed E-state index contributed by atoms with van der Waals surface area (Å²) < 4.78 is 21.4. The Morgan fingerprint density at radius 2 is 0.852 bits per heavy atom. The van der Waals surface area contributed by atoms with Crippen molar-refractivity contribution in [2.45, 2.75) is 89.5 Å². The molecular formula is C47H53N3O11. The number of carboxylic acid groups (broad SMARTS) is 1. The first kappa shape index (κ1) is 45.4. The van der Waals surface area contributed by atoms with Crippen LogP contribution in [0, 0.1) is 0 Å². The Bertz CT molecular complexity index is 2170. The van der Waals surface area contributed by atoms with Gasteiger partial charge in [0.1, 0.15) is 36.5 Å². The number of fused-ring (bicyclic) bond motifs is 6. The summed E-state index contributed by atoms with van der Waals surface area (Å²) in [6, 6.07) is 29.4. The number of carbonyl (C=O) groups excluding carboxylic acids is 5. The number of ether oxygens (including phenoxy) is 4. The van der Waals surface area contributed by atoms with Crippen molar-refractivity contribution in [2.75, 3.05) is 20.3 Å². The van der Waals surface area contributed by atoms with Gasteiger partial charge in [0.05, 0.1) is 12.8 Å². The summed E-state index contributed by atoms with van der Waals surface area (Å²) in [4.78, 5) is 72.5. The second-order valence-corrected chi connectivity index (χ2v) is 16.6. The van der Waals surface area contributed by atoms with E-state index in [4.69, 9.17) is 24.1 Å². The average molecular weight is 836 g/mol. The molecule has 0 radical (unpaired) electrons. The van der Waals surface area contributed by atoms with Crippen LogP contribution in [0.3, 0.4) is 0 Å². The minimum absolute atomic E-state index is 0.0635. The lowest BCUT2D eigenvalue weighted by Crippen LogP contribution is -2.46. The summed E-state index contributed by atoms with van der Waals surface area (Å²) in [5.74, 6) is -3.37. The number of nitrogens with one attached hydrogen (secondary N) is 3. The zero-order valence-corrected chi connectivity index (χ0v) is 35.4. The molecule has 0 heterocycles. The molecule has 0 aliphatic heterocycles. The zero-order chi connectivity index (χ0) is 44.5. The normalized spacial score (nSPS) is 13.6. The van der Waals surface area contributed by atoms with Crippen LogP contribution >= 0.6 is 0 Å². The van der Waals surface area contributed by atoms with Crippen LogP contribution in [-0.4, -0.2) is 84.7 Å². The van der Waals surface area contributed by atoms with Crippen LogP contribution in [0.1, 0.15) is 88.5 Å². The number of aliphatic carboxylic acids is 1. The van der Waals surface area contributed by atoms with Crippen molar-refractivity contribution in [3.05, 3.63) is 119 Å². The molecule has 14 heteroatoms. The highest BCUT2D eigenvalue weighted by atomic mass is 16.6. The van der Waals surface area contributed by atoms with Crippen molar-refractivity contribution >= 4 is 36.0 Å². The van der Waals surface area contributed by atoms with E-state index < -0.39 is 65.7 Å². The largest absolute Gasteiger partial charge is 0.481 e. The van der Waals surface area contributed by atoms with Gasteiger partial charge in [-0.15, -0.1) is 0 Å². The standard InChI is InChI=1S/C24H28N2O5.C23H25NO6/c1-24(2,3)31-22(28)20(13-21(27)25-4)26-23(29)30-14-19-17-11-7-5-9-15(17)16-10-6-8-12-18(16)19;1-23(2,3)30-21(27)19(12-20(25)26)24-22(28)29-13-18-16-10-6-4-8-14(16)15-9-5-7-11-17(15)18/h5-12,19-20H,13-14H2,1-4H3,(H,25,27)(H,26,29);4-11,18-19H,12-13H2,1-3H3,(H,24,28)(H,25,26)/t20-;19-/m11/s1. The van der Waals surface area contributed by atoms with Gasteiger partial charge in [0, 0.05) is 18.9 Å². The molecule has 322 valence electrons. The Morgan fingerprint density at radius 3 is 1.15 bits per heavy atom. The maximum absolute atomic E-state index is 12.5. The van der Waals surface area contributed by atoms with Crippen molar-refractivity contribution in [3.63, 3.8) is 0 Å². The minimum atomic E-state index is -1.34. The van der Waals surface area contributed by atoms with E-state index in [0.29, 0.717) is 0 Å². The van der Waals surface area contributed by atoms with Gasteiger partial charge in [0.2, 0.25) is 5.91 Å². The fourth-order valence-electron chi connectivity index (χ4n) is 7.16. The molecule has 0 saturated heterocycles. The van der Waals surface area contributed by atoms with E-state index in [1.165, 1.54) is 7.05 Å². The maximum Gasteiger partial charge on any atom is 0.407 e. The molecule has 2 atom stereocenters. The first-order valence-corrected chi connectivity index (χ1v) is 20.0. The van der Waals surface area contributed by atoms with Crippen LogP contribution in [-0.2, 0) is 38.1 Å². The van der Waals surface area contributed by atoms with E-state index in [-0.39, 0.29) is 31.5 Å². The lowest BCUT2D eigenvalue weighted by molar-refractivity contribution is -0.160. The highest BCUT2D eigenvalue weighted by Crippen LogP contribution is 2.45. The van der Waals surface area contributed by atoms with Gasteiger partial charge in [0.25, 0.3) is 0 Å². The fraction of sp³-hybridized carbons (Fsp3) is 0.362. The van der Waals surface area contributed by atoms with Crippen LogP contribution in [0.25, 0.3) is 22.3 Å². The van der Waals surface area contributed by atoms with E-state index >= 15 is 0 Å². The molecular weight excluding hydrogens is 783 g/mol. The predicted molar refractivity (Wildman–Crippen MR) is 227 cm³/mol. The van der Waals surface area contributed by atoms with E-state index in [1.54, 1.807) is 41.5 Å². The van der Waals surface area contributed by atoms with Crippen molar-refractivity contribution in [1.29, 1.82) is 0 Å². The molecule has 2 aliphatic rings. The van der Waals surface area contributed by atoms with E-state index in [9.17, 15) is 28.8 Å². The van der Waals surface area contributed by atoms with Crippen molar-refractivity contribution in [3.8, 4) is 22.3 Å². The molecule has 61 heavy (non-hydrogen) atoms. The number of hydrogen-bond donors (Lipinski definition) is 4. The maximum atomic E-state index is 12.5. The van der Waals surface area contributed by atoms with Crippen molar-refractivity contribution in [1.82, 2.24) is 16.0 Å². The molecule has 0 aromatic heterocycles. The van der Waals surface area contributed by atoms with Gasteiger partial charge in [-0.25, -0.2) is 19.2 Å². The van der Waals surface area contributed by atoms with Crippen LogP contribution < -0.4 is 16.0 Å². The second kappa shape index (κ2) is 19.6. The van der Waals surface area contributed by atoms with Gasteiger partial charge in [0.15, 0.2) is 0 Å². The Labute approximate surface area is 355 Å². The minimum Gasteiger partial charge on any atom is -0.481 e. The molecule has 4 aromatic carbocycles. The molecule has 0 unspecified atom stereocenters. The van der Waals surface area contributed by atoms with Gasteiger partial charge in [-0.05, 0) is 86.1 Å². The van der Waals surface area contributed by atoms with E-state index in [1.807, 2.05) is 84.9 Å². The molecule has 0 spiro atoms. The molecule has 0 fully saturated rings. The number of carbonyl (C=O) groups is 6. The lowest BCUT2D eigenvalue weighted by atomic mass is 9.98. The average Bonchev–Trinajstić information content (AvgIpc) is 3.69. The molecule has 14 nitrogen and oxygen atoms in total. The third-order valence-corrected chi connectivity index (χ3v) is 9.70. The summed E-state index contributed by atoms with van der Waals surface area (Å²) in [6.07, 6.45) is -2.48. The predicted octanol–water partition coefficient (Wildman–Crippen LogP) is 7.08. The summed E-state index contributed by atoms with van der Waals surface area (Å²) in [6.45, 7) is 10.3. The number of rotatable bonds is 12. The number of hydrogen-bond acceptors (Lipinski definition) is 10. The van der Waals surface area contributed by atoms with Crippen LogP contribution in [0.2, 0.25) is 0 Å². The number of esters is 2. The molecule has 2 aliphatic carbocycles. The fourth-order valence-corrected chi connectivity index (χ4v) is 7.16. The monoisotopic (exact) mass is 835 g/mol. The number of alkyl carbamates (subject to hydrolysis) is 2. The first-order valence-electron chi connectivity index (χ1n) is 20.0. The second-order valence-electron chi connectivity index (χ2n) is 16.6. The molecule has 0 bridgehead atoms. The third kappa shape index (κ3) is 12.2. The van der Waals surface area contributed by atoms with Gasteiger partial charge >= 0.3 is 30.1 Å². The topological polar surface area (TPSA) is 196 Å². The SMILES string of the molecule is CC(C)(C)OC(=O)[C@@H](CC(=O)O)NC(=O)OCC1c2ccccc2-c2ccccc21.CNC(=O)C[C@@H](NC(=O)OCC1c2ccccc2-c2ccccc21)C(=O)OC(C)(C)C. The van der Waals surface area contributed by atoms with Crippen molar-refractivity contribution in [2.24, 2.45) is 0 Å². The summed E-state index contributed by atoms with van der Waals surface area (Å²) >= 11 is 0. The van der Waals surface area contributed by atoms with E-state index in [2.05, 4.69) is 28.1 Å². The summed E-state index contributed by atoms with van der Waals surface area (Å²) in [5.41, 5.74) is 7.17. The van der Waals surface area contributed by atoms with Gasteiger partial charge in [-0.2, -0.15) is 0 Å². The molecule has 3 amide bonds. The quantitative estimate of drug-likeness (QED) is 0.0841. The first-order chi connectivity index (χ1) is 28.8. The molecule has 0 saturated carbocycles. The highest BCUT2D eigenvalue weighted by Gasteiger charge is 2.34. The Hall–Kier alpha value is -6.70. The highest BCUT2D eigenvalue weighted by molar-refractivity contribution is 5.88. The number of amides is 3. The Morgan fingerprint density at radius 1 is 0.541 bits per heavy atom. The van der Waals surface area contributed by atoms with Gasteiger partial charge in [-0.3, -0.25) is 9.59 Å². The van der Waals surface area contributed by atoms with E-state index in [0.717, 1.165) is 44.5 Å². The Balaban J connectivity index is 0.000000231. The summed E-state index contributed by atoms with van der Waals surface area (Å²) in [7, 11) is 1.46. The third-order valence-electron chi connectivity index (χ3n) is 9.70. The summed E-state index contributed by atoms with van der Waals surface area (Å²) in [5, 5.41) is 16.3. The lowest BCUT2D eigenvalue weighted by Gasteiger charge is -2.24.